The molecule has 0 aliphatic rings. The lowest BCUT2D eigenvalue weighted by Crippen LogP contribution is -2.08. The van der Waals surface area contributed by atoms with Gasteiger partial charge in [0.25, 0.3) is 5.69 Å². The summed E-state index contributed by atoms with van der Waals surface area (Å²) in [5, 5.41) is 10.6. The van der Waals surface area contributed by atoms with Gasteiger partial charge in [-0.15, -0.1) is 0 Å². The lowest BCUT2D eigenvalue weighted by Gasteiger charge is -2.06. The highest BCUT2D eigenvalue weighted by molar-refractivity contribution is 5.91. The molecule has 3 aromatic rings. The summed E-state index contributed by atoms with van der Waals surface area (Å²) in [6.45, 7) is 0. The van der Waals surface area contributed by atoms with Gasteiger partial charge in [-0.25, -0.2) is 4.79 Å². The maximum atomic E-state index is 12.6. The normalized spacial score (nSPS) is 11.4. The third-order valence-electron chi connectivity index (χ3n) is 3.96. The van der Waals surface area contributed by atoms with E-state index in [4.69, 9.17) is 4.74 Å². The summed E-state index contributed by atoms with van der Waals surface area (Å²) >= 11 is 0. The van der Waals surface area contributed by atoms with Crippen molar-refractivity contribution in [3.8, 4) is 5.75 Å². The summed E-state index contributed by atoms with van der Waals surface area (Å²) < 4.78 is 42.8. The number of halogens is 3. The van der Waals surface area contributed by atoms with Gasteiger partial charge in [0.15, 0.2) is 0 Å². The van der Waals surface area contributed by atoms with Crippen LogP contribution in [0.5, 0.6) is 5.75 Å². The van der Waals surface area contributed by atoms with Crippen LogP contribution in [0.15, 0.2) is 77.8 Å². The molecule has 0 heterocycles. The van der Waals surface area contributed by atoms with Gasteiger partial charge in [-0.05, 0) is 54.1 Å². The average molecular weight is 414 g/mol. The average Bonchev–Trinajstić information content (AvgIpc) is 2.72. The second-order valence-electron chi connectivity index (χ2n) is 6.07. The number of hydrogen-bond acceptors (Lipinski definition) is 5. The molecule has 0 bridgehead atoms. The van der Waals surface area contributed by atoms with Crippen LogP contribution in [0.2, 0.25) is 0 Å². The van der Waals surface area contributed by atoms with E-state index in [0.717, 1.165) is 12.1 Å². The quantitative estimate of drug-likeness (QED) is 0.179. The van der Waals surface area contributed by atoms with Crippen LogP contribution in [0.1, 0.15) is 21.5 Å². The molecule has 6 nitrogen and oxygen atoms in total. The lowest BCUT2D eigenvalue weighted by atomic mass is 10.1. The standard InChI is InChI=1S/C21H13F3N2O4/c22-21(23,24)16-5-1-14(2-6-16)13-25-17-7-3-15(4-8-17)20(27)30-19-11-9-18(10-12-19)26(28)29/h1-13H. The van der Waals surface area contributed by atoms with Gasteiger partial charge >= 0.3 is 12.1 Å². The van der Waals surface area contributed by atoms with Crippen molar-refractivity contribution in [3.05, 3.63) is 99.6 Å². The van der Waals surface area contributed by atoms with Gasteiger partial charge in [-0.2, -0.15) is 13.2 Å². The zero-order valence-electron chi connectivity index (χ0n) is 15.2. The molecule has 0 N–H and O–H groups in total. The van der Waals surface area contributed by atoms with Crippen molar-refractivity contribution in [2.24, 2.45) is 4.99 Å². The molecule has 0 atom stereocenters. The molecule has 3 rings (SSSR count). The van der Waals surface area contributed by atoms with Crippen molar-refractivity contribution >= 4 is 23.6 Å². The van der Waals surface area contributed by atoms with Gasteiger partial charge in [0.1, 0.15) is 5.75 Å². The second-order valence-corrected chi connectivity index (χ2v) is 6.07. The van der Waals surface area contributed by atoms with E-state index in [-0.39, 0.29) is 17.0 Å². The first kappa shape index (κ1) is 20.7. The van der Waals surface area contributed by atoms with Gasteiger partial charge < -0.3 is 4.74 Å². The summed E-state index contributed by atoms with van der Waals surface area (Å²) in [4.78, 5) is 26.4. The molecule has 152 valence electrons. The number of rotatable bonds is 5. The number of benzene rings is 3. The van der Waals surface area contributed by atoms with Crippen molar-refractivity contribution in [3.63, 3.8) is 0 Å². The first-order chi connectivity index (χ1) is 14.2. The number of nitrogens with zero attached hydrogens (tertiary/aromatic N) is 2. The monoisotopic (exact) mass is 414 g/mol. The highest BCUT2D eigenvalue weighted by Gasteiger charge is 2.29. The van der Waals surface area contributed by atoms with Gasteiger partial charge in [0.05, 0.1) is 21.7 Å². The Morgan fingerprint density at radius 3 is 2.07 bits per heavy atom. The highest BCUT2D eigenvalue weighted by atomic mass is 19.4. The minimum atomic E-state index is -4.39. The van der Waals surface area contributed by atoms with E-state index in [1.807, 2.05) is 0 Å². The van der Waals surface area contributed by atoms with E-state index >= 15 is 0 Å². The maximum absolute atomic E-state index is 12.6. The van der Waals surface area contributed by atoms with Gasteiger partial charge in [0.2, 0.25) is 0 Å². The molecule has 0 aliphatic carbocycles. The predicted octanol–water partition coefficient (Wildman–Crippen LogP) is 5.58. The number of alkyl halides is 3. The van der Waals surface area contributed by atoms with E-state index < -0.39 is 22.6 Å². The topological polar surface area (TPSA) is 81.8 Å². The van der Waals surface area contributed by atoms with Crippen molar-refractivity contribution in [2.75, 3.05) is 0 Å². The van der Waals surface area contributed by atoms with E-state index in [1.54, 1.807) is 12.1 Å². The number of carbonyl (C=O) groups excluding carboxylic acids is 1. The lowest BCUT2D eigenvalue weighted by molar-refractivity contribution is -0.384. The van der Waals surface area contributed by atoms with Crippen molar-refractivity contribution in [2.45, 2.75) is 6.18 Å². The van der Waals surface area contributed by atoms with Crippen molar-refractivity contribution < 1.29 is 27.6 Å². The Labute approximate surface area is 168 Å². The smallest absolute Gasteiger partial charge is 0.416 e. The van der Waals surface area contributed by atoms with Crippen LogP contribution in [0.4, 0.5) is 24.5 Å². The van der Waals surface area contributed by atoms with Crippen molar-refractivity contribution in [1.29, 1.82) is 0 Å². The summed E-state index contributed by atoms with van der Waals surface area (Å²) in [5.74, 6) is -0.489. The summed E-state index contributed by atoms with van der Waals surface area (Å²) in [6, 6.07) is 15.7. The first-order valence-corrected chi connectivity index (χ1v) is 8.50. The fourth-order valence-corrected chi connectivity index (χ4v) is 2.39. The van der Waals surface area contributed by atoms with Crippen molar-refractivity contribution in [1.82, 2.24) is 0 Å². The Balaban J connectivity index is 1.63. The summed E-state index contributed by atoms with van der Waals surface area (Å²) in [5.41, 5.74) is 0.355. The molecule has 3 aromatic carbocycles. The number of carbonyl (C=O) groups is 1. The Morgan fingerprint density at radius 1 is 0.933 bits per heavy atom. The molecular formula is C21H13F3N2O4. The van der Waals surface area contributed by atoms with Gasteiger partial charge in [-0.1, -0.05) is 12.1 Å². The second kappa shape index (κ2) is 8.56. The summed E-state index contributed by atoms with van der Waals surface area (Å²) in [7, 11) is 0. The Kier molecular flexibility index (Phi) is 5.91. The molecule has 0 spiro atoms. The predicted molar refractivity (Wildman–Crippen MR) is 103 cm³/mol. The number of nitro groups is 1. The number of hydrogen-bond donors (Lipinski definition) is 0. The molecule has 0 saturated heterocycles. The van der Waals surface area contributed by atoms with Crippen LogP contribution in [-0.2, 0) is 6.18 Å². The van der Waals surface area contributed by atoms with Gasteiger partial charge in [-0.3, -0.25) is 15.1 Å². The molecule has 0 radical (unpaired) electrons. The van der Waals surface area contributed by atoms with Crippen LogP contribution >= 0.6 is 0 Å². The van der Waals surface area contributed by atoms with Crippen LogP contribution in [0, 0.1) is 10.1 Å². The molecule has 0 aromatic heterocycles. The number of aliphatic imine (C=N–C) groups is 1. The number of nitro benzene ring substituents is 1. The Hall–Kier alpha value is -4.01. The van der Waals surface area contributed by atoms with E-state index in [0.29, 0.717) is 11.3 Å². The Morgan fingerprint density at radius 2 is 1.53 bits per heavy atom. The Bertz CT molecular complexity index is 1080. The minimum absolute atomic E-state index is 0.120. The first-order valence-electron chi connectivity index (χ1n) is 8.50. The largest absolute Gasteiger partial charge is 0.423 e. The fraction of sp³-hybridized carbons (Fsp3) is 0.0476. The molecule has 0 aliphatic heterocycles. The van der Waals surface area contributed by atoms with E-state index in [1.165, 1.54) is 54.7 Å². The molecule has 0 fully saturated rings. The molecule has 0 unspecified atom stereocenters. The van der Waals surface area contributed by atoms with Crippen LogP contribution < -0.4 is 4.74 Å². The van der Waals surface area contributed by atoms with Gasteiger partial charge in [0, 0.05) is 18.3 Å². The molecule has 30 heavy (non-hydrogen) atoms. The molecule has 9 heteroatoms. The fourth-order valence-electron chi connectivity index (χ4n) is 2.39. The number of non-ortho nitro benzene ring substituents is 1. The SMILES string of the molecule is O=C(Oc1ccc([N+](=O)[O-])cc1)c1ccc(N=Cc2ccc(C(F)(F)F)cc2)cc1. The van der Waals surface area contributed by atoms with Crippen LogP contribution in [0.3, 0.4) is 0 Å². The molecule has 0 saturated carbocycles. The van der Waals surface area contributed by atoms with E-state index in [2.05, 4.69) is 4.99 Å². The van der Waals surface area contributed by atoms with E-state index in [9.17, 15) is 28.1 Å². The highest BCUT2D eigenvalue weighted by Crippen LogP contribution is 2.29. The third kappa shape index (κ3) is 5.28. The third-order valence-corrected chi connectivity index (χ3v) is 3.96. The number of esters is 1. The van der Waals surface area contributed by atoms with Crippen LogP contribution in [-0.4, -0.2) is 17.1 Å². The zero-order valence-corrected chi connectivity index (χ0v) is 15.2. The molecular weight excluding hydrogens is 401 g/mol. The van der Waals surface area contributed by atoms with Crippen LogP contribution in [0.25, 0.3) is 0 Å². The summed E-state index contributed by atoms with van der Waals surface area (Å²) in [6.07, 6.45) is -2.99. The maximum Gasteiger partial charge on any atom is 0.416 e. The molecule has 0 amide bonds. The minimum Gasteiger partial charge on any atom is -0.423 e. The zero-order chi connectivity index (χ0) is 21.7. The number of ether oxygens (including phenoxy) is 1.